The van der Waals surface area contributed by atoms with Crippen LogP contribution >= 0.6 is 15.9 Å². The zero-order valence-electron chi connectivity index (χ0n) is 10.7. The molecule has 2 unspecified atom stereocenters. The zero-order valence-corrected chi connectivity index (χ0v) is 12.2. The molecule has 1 aromatic carbocycles. The van der Waals surface area contributed by atoms with Crippen LogP contribution in [0.5, 0.6) is 5.75 Å². The van der Waals surface area contributed by atoms with E-state index in [4.69, 9.17) is 4.74 Å². The van der Waals surface area contributed by atoms with E-state index in [9.17, 15) is 5.11 Å². The highest BCUT2D eigenvalue weighted by atomic mass is 79.9. The molecule has 2 fully saturated rings. The Labute approximate surface area is 116 Å². The summed E-state index contributed by atoms with van der Waals surface area (Å²) in [6.45, 7) is 2.07. The van der Waals surface area contributed by atoms with Crippen LogP contribution in [0.3, 0.4) is 0 Å². The van der Waals surface area contributed by atoms with Gasteiger partial charge in [0.05, 0.1) is 6.10 Å². The lowest BCUT2D eigenvalue weighted by molar-refractivity contribution is -0.151. The predicted molar refractivity (Wildman–Crippen MR) is 74.8 cm³/mol. The van der Waals surface area contributed by atoms with E-state index in [-0.39, 0.29) is 17.6 Å². The highest BCUT2D eigenvalue weighted by Gasteiger charge is 2.57. The van der Waals surface area contributed by atoms with Crippen LogP contribution in [0, 0.1) is 12.3 Å². The number of rotatable bonds is 2. The number of aryl methyl sites for hydroxylation is 1. The molecule has 2 aliphatic rings. The third-order valence-corrected chi connectivity index (χ3v) is 5.57. The van der Waals surface area contributed by atoms with Gasteiger partial charge in [0.1, 0.15) is 11.9 Å². The molecule has 98 valence electrons. The van der Waals surface area contributed by atoms with Gasteiger partial charge >= 0.3 is 0 Å². The molecule has 2 atom stereocenters. The molecule has 0 saturated heterocycles. The van der Waals surface area contributed by atoms with Crippen LogP contribution in [-0.2, 0) is 0 Å². The first-order valence-corrected chi connectivity index (χ1v) is 7.52. The van der Waals surface area contributed by atoms with Crippen LogP contribution in [-0.4, -0.2) is 17.3 Å². The molecule has 3 heteroatoms. The third kappa shape index (κ3) is 1.88. The monoisotopic (exact) mass is 310 g/mol. The minimum absolute atomic E-state index is 0.0565. The van der Waals surface area contributed by atoms with Crippen molar-refractivity contribution in [1.82, 2.24) is 0 Å². The lowest BCUT2D eigenvalue weighted by atomic mass is 9.62. The minimum Gasteiger partial charge on any atom is -0.490 e. The standard InChI is InChI=1S/C15H19BrO2/c1-10-8-11(4-5-12(10)16)18-14-9-13(17)15(14)6-2-3-7-15/h4-5,8,13-14,17H,2-3,6-7,9H2,1H3. The maximum atomic E-state index is 10.1. The van der Waals surface area contributed by atoms with E-state index in [0.29, 0.717) is 0 Å². The van der Waals surface area contributed by atoms with Gasteiger partial charge in [-0.3, -0.25) is 0 Å². The summed E-state index contributed by atoms with van der Waals surface area (Å²) in [7, 11) is 0. The summed E-state index contributed by atoms with van der Waals surface area (Å²) in [5.41, 5.74) is 1.24. The van der Waals surface area contributed by atoms with Gasteiger partial charge in [-0.2, -0.15) is 0 Å². The summed E-state index contributed by atoms with van der Waals surface area (Å²) >= 11 is 3.50. The van der Waals surface area contributed by atoms with Crippen molar-refractivity contribution in [3.8, 4) is 5.75 Å². The van der Waals surface area contributed by atoms with Crippen molar-refractivity contribution in [2.75, 3.05) is 0 Å². The molecule has 0 aromatic heterocycles. The molecule has 0 bridgehead atoms. The van der Waals surface area contributed by atoms with Gasteiger partial charge in [0.15, 0.2) is 0 Å². The van der Waals surface area contributed by atoms with Crippen molar-refractivity contribution in [2.45, 2.75) is 51.2 Å². The molecule has 1 spiro atoms. The quantitative estimate of drug-likeness (QED) is 0.899. The van der Waals surface area contributed by atoms with Gasteiger partial charge in [-0.1, -0.05) is 28.8 Å². The SMILES string of the molecule is Cc1cc(OC2CC(O)C23CCCC3)ccc1Br. The van der Waals surface area contributed by atoms with E-state index in [2.05, 4.69) is 28.9 Å². The number of benzene rings is 1. The Kier molecular flexibility index (Phi) is 3.15. The van der Waals surface area contributed by atoms with Crippen LogP contribution in [0.25, 0.3) is 0 Å². The Bertz CT molecular complexity index is 452. The van der Waals surface area contributed by atoms with Gasteiger partial charge in [0, 0.05) is 16.3 Å². The molecule has 0 amide bonds. The molecular weight excluding hydrogens is 292 g/mol. The molecule has 1 N–H and O–H groups in total. The first-order valence-electron chi connectivity index (χ1n) is 6.73. The molecule has 0 aliphatic heterocycles. The third-order valence-electron chi connectivity index (χ3n) is 4.68. The average molecular weight is 311 g/mol. The van der Waals surface area contributed by atoms with Gasteiger partial charge < -0.3 is 9.84 Å². The topological polar surface area (TPSA) is 29.5 Å². The van der Waals surface area contributed by atoms with Crippen LogP contribution in [0.4, 0.5) is 0 Å². The number of aliphatic hydroxyl groups excluding tert-OH is 1. The van der Waals surface area contributed by atoms with Crippen LogP contribution in [0.1, 0.15) is 37.7 Å². The molecule has 18 heavy (non-hydrogen) atoms. The van der Waals surface area contributed by atoms with E-state index < -0.39 is 0 Å². The van der Waals surface area contributed by atoms with E-state index in [0.717, 1.165) is 29.5 Å². The maximum Gasteiger partial charge on any atom is 0.120 e. The second kappa shape index (κ2) is 4.53. The van der Waals surface area contributed by atoms with Gasteiger partial charge in [0.25, 0.3) is 0 Å². The summed E-state index contributed by atoms with van der Waals surface area (Å²) in [6.07, 6.45) is 5.54. The second-order valence-electron chi connectivity index (χ2n) is 5.71. The van der Waals surface area contributed by atoms with Crippen LogP contribution in [0.15, 0.2) is 22.7 Å². The fourth-order valence-corrected chi connectivity index (χ4v) is 3.68. The van der Waals surface area contributed by atoms with Crippen molar-refractivity contribution in [1.29, 1.82) is 0 Å². The molecule has 3 rings (SSSR count). The van der Waals surface area contributed by atoms with Crippen LogP contribution < -0.4 is 4.74 Å². The largest absolute Gasteiger partial charge is 0.490 e. The number of hydrogen-bond acceptors (Lipinski definition) is 2. The molecule has 1 aromatic rings. The van der Waals surface area contributed by atoms with E-state index in [1.165, 1.54) is 18.4 Å². The summed E-state index contributed by atoms with van der Waals surface area (Å²) in [5, 5.41) is 10.1. The molecule has 0 radical (unpaired) electrons. The fourth-order valence-electron chi connectivity index (χ4n) is 3.43. The number of ether oxygens (including phenoxy) is 1. The normalized spacial score (nSPS) is 29.3. The van der Waals surface area contributed by atoms with Crippen molar-refractivity contribution in [3.63, 3.8) is 0 Å². The Hall–Kier alpha value is -0.540. The number of aliphatic hydroxyl groups is 1. The first kappa shape index (κ1) is 12.5. The van der Waals surface area contributed by atoms with Gasteiger partial charge in [-0.25, -0.2) is 0 Å². The smallest absolute Gasteiger partial charge is 0.120 e. The van der Waals surface area contributed by atoms with Gasteiger partial charge in [0.2, 0.25) is 0 Å². The van der Waals surface area contributed by atoms with Crippen LogP contribution in [0.2, 0.25) is 0 Å². The van der Waals surface area contributed by atoms with E-state index in [1.807, 2.05) is 12.1 Å². The van der Waals surface area contributed by atoms with E-state index in [1.54, 1.807) is 0 Å². The Balaban J connectivity index is 1.75. The highest BCUT2D eigenvalue weighted by molar-refractivity contribution is 9.10. The molecule has 2 aliphatic carbocycles. The van der Waals surface area contributed by atoms with Gasteiger partial charge in [-0.15, -0.1) is 0 Å². The Morgan fingerprint density at radius 1 is 1.33 bits per heavy atom. The summed E-state index contributed by atoms with van der Waals surface area (Å²) < 4.78 is 7.22. The second-order valence-corrected chi connectivity index (χ2v) is 6.56. The average Bonchev–Trinajstić information content (AvgIpc) is 2.85. The summed E-state index contributed by atoms with van der Waals surface area (Å²) in [6, 6.07) is 6.10. The fraction of sp³-hybridized carbons (Fsp3) is 0.600. The van der Waals surface area contributed by atoms with Crippen molar-refractivity contribution in [2.24, 2.45) is 5.41 Å². The number of hydrogen-bond donors (Lipinski definition) is 1. The van der Waals surface area contributed by atoms with Gasteiger partial charge in [-0.05, 0) is 43.5 Å². The number of halogens is 1. The van der Waals surface area contributed by atoms with Crippen molar-refractivity contribution >= 4 is 15.9 Å². The van der Waals surface area contributed by atoms with Crippen molar-refractivity contribution in [3.05, 3.63) is 28.2 Å². The van der Waals surface area contributed by atoms with Crippen molar-refractivity contribution < 1.29 is 9.84 Å². The molecular formula is C15H19BrO2. The maximum absolute atomic E-state index is 10.1. The molecule has 2 saturated carbocycles. The summed E-state index contributed by atoms with van der Waals surface area (Å²) in [4.78, 5) is 0. The Morgan fingerprint density at radius 2 is 2.06 bits per heavy atom. The lowest BCUT2D eigenvalue weighted by Crippen LogP contribution is -2.58. The Morgan fingerprint density at radius 3 is 2.67 bits per heavy atom. The molecule has 0 heterocycles. The summed E-state index contributed by atoms with van der Waals surface area (Å²) in [5.74, 6) is 0.930. The van der Waals surface area contributed by atoms with E-state index >= 15 is 0 Å². The predicted octanol–water partition coefficient (Wildman–Crippen LogP) is 3.83. The highest BCUT2D eigenvalue weighted by Crippen LogP contribution is 2.54. The molecule has 2 nitrogen and oxygen atoms in total. The lowest BCUT2D eigenvalue weighted by Gasteiger charge is -2.51. The zero-order chi connectivity index (χ0) is 12.8. The minimum atomic E-state index is -0.151. The first-order chi connectivity index (χ1) is 8.62.